The normalized spacial score (nSPS) is 23.9. The topological polar surface area (TPSA) is 77.9 Å². The van der Waals surface area contributed by atoms with E-state index in [4.69, 9.17) is 0 Å². The number of hydrogen-bond acceptors (Lipinski definition) is 4. The van der Waals surface area contributed by atoms with Crippen LogP contribution in [0.1, 0.15) is 22.6 Å². The number of benzene rings is 2. The first kappa shape index (κ1) is 20.5. The van der Waals surface area contributed by atoms with Crippen LogP contribution in [0.15, 0.2) is 48.5 Å². The Balaban J connectivity index is 1.55. The fraction of sp³-hybridized carbons (Fsp3) is 0.318. The van der Waals surface area contributed by atoms with Gasteiger partial charge in [0.05, 0.1) is 31.5 Å². The number of nitrogens with zero attached hydrogens (tertiary/aromatic N) is 2. The van der Waals surface area contributed by atoms with Crippen molar-refractivity contribution in [1.29, 1.82) is 0 Å². The molecule has 0 spiro atoms. The zero-order valence-corrected chi connectivity index (χ0v) is 17.1. The first-order valence-corrected chi connectivity index (χ1v) is 11.4. The van der Waals surface area contributed by atoms with Crippen molar-refractivity contribution in [2.24, 2.45) is 0 Å². The van der Waals surface area contributed by atoms with Crippen LogP contribution in [0.4, 0.5) is 4.39 Å². The number of carbonyl (C=O) groups excluding carboxylic acids is 1. The maximum atomic E-state index is 13.3. The van der Waals surface area contributed by atoms with Crippen LogP contribution in [0.25, 0.3) is 0 Å². The molecule has 0 radical (unpaired) electrons. The molecule has 1 N–H and O–H groups in total. The average molecular weight is 428 g/mol. The number of hydrogen-bond donors (Lipinski definition) is 1. The van der Waals surface area contributed by atoms with Gasteiger partial charge in [0.1, 0.15) is 5.82 Å². The van der Waals surface area contributed by atoms with Crippen LogP contribution in [0, 0.1) is 17.7 Å². The molecule has 3 atom stereocenters. The van der Waals surface area contributed by atoms with Gasteiger partial charge in [-0.05, 0) is 35.9 Å². The number of aliphatic hydroxyl groups excluding tert-OH is 1. The highest BCUT2D eigenvalue weighted by Crippen LogP contribution is 2.43. The average Bonchev–Trinajstić information content (AvgIpc) is 2.68. The second kappa shape index (κ2) is 7.84. The number of fused-ring (bicyclic) bond motifs is 1. The number of rotatable bonds is 3. The van der Waals surface area contributed by atoms with Gasteiger partial charge < -0.3 is 10.0 Å². The summed E-state index contributed by atoms with van der Waals surface area (Å²) in [5.74, 6) is 5.12. The molecule has 30 heavy (non-hydrogen) atoms. The monoisotopic (exact) mass is 428 g/mol. The van der Waals surface area contributed by atoms with Crippen LogP contribution < -0.4 is 0 Å². The summed E-state index contributed by atoms with van der Waals surface area (Å²) < 4.78 is 38.3. The molecule has 4 rings (SSSR count). The third-order valence-corrected chi connectivity index (χ3v) is 6.88. The molecule has 6 nitrogen and oxygen atoms in total. The molecular weight excluding hydrogens is 407 g/mol. The van der Waals surface area contributed by atoms with E-state index in [0.717, 1.165) is 17.4 Å². The number of halogens is 1. The molecule has 0 saturated carbocycles. The van der Waals surface area contributed by atoms with E-state index >= 15 is 0 Å². The molecule has 8 heteroatoms. The number of amides is 1. The van der Waals surface area contributed by atoms with Gasteiger partial charge in [-0.15, -0.1) is 0 Å². The van der Waals surface area contributed by atoms with Crippen molar-refractivity contribution in [2.75, 3.05) is 26.0 Å². The Morgan fingerprint density at radius 1 is 1.13 bits per heavy atom. The first-order chi connectivity index (χ1) is 14.3. The molecule has 2 aromatic rings. The fourth-order valence-electron chi connectivity index (χ4n) is 4.22. The zero-order valence-electron chi connectivity index (χ0n) is 16.3. The highest BCUT2D eigenvalue weighted by atomic mass is 32.2. The Morgan fingerprint density at radius 3 is 2.47 bits per heavy atom. The van der Waals surface area contributed by atoms with E-state index in [9.17, 15) is 22.7 Å². The summed E-state index contributed by atoms with van der Waals surface area (Å²) in [5.41, 5.74) is 2.24. The Morgan fingerprint density at radius 2 is 1.83 bits per heavy atom. The molecule has 0 aromatic heterocycles. The van der Waals surface area contributed by atoms with E-state index in [1.54, 1.807) is 17.0 Å². The first-order valence-electron chi connectivity index (χ1n) is 9.52. The predicted octanol–water partition coefficient (Wildman–Crippen LogP) is 1.16. The molecule has 0 aliphatic carbocycles. The summed E-state index contributed by atoms with van der Waals surface area (Å²) in [6, 6.07) is 12.8. The number of piperazine rings is 1. The maximum absolute atomic E-state index is 13.3. The molecule has 2 saturated heterocycles. The van der Waals surface area contributed by atoms with Crippen LogP contribution in [0.3, 0.4) is 0 Å². The van der Waals surface area contributed by atoms with Crippen LogP contribution in [-0.4, -0.2) is 66.7 Å². The summed E-state index contributed by atoms with van der Waals surface area (Å²) >= 11 is 0. The maximum Gasteiger partial charge on any atom is 0.238 e. The van der Waals surface area contributed by atoms with Gasteiger partial charge in [-0.2, -0.15) is 4.31 Å². The molecule has 2 aromatic carbocycles. The second-order valence-corrected chi connectivity index (χ2v) is 9.56. The molecule has 2 fully saturated rings. The lowest BCUT2D eigenvalue weighted by Gasteiger charge is -2.58. The number of carbonyl (C=O) groups is 1. The Bertz CT molecular complexity index is 1140. The highest BCUT2D eigenvalue weighted by Gasteiger charge is 2.54. The fourth-order valence-corrected chi connectivity index (χ4v) is 4.99. The van der Waals surface area contributed by atoms with E-state index in [2.05, 4.69) is 11.8 Å². The third-order valence-electron chi connectivity index (χ3n) is 5.66. The predicted molar refractivity (Wildman–Crippen MR) is 109 cm³/mol. The van der Waals surface area contributed by atoms with Gasteiger partial charge in [0.2, 0.25) is 15.9 Å². The van der Waals surface area contributed by atoms with Gasteiger partial charge >= 0.3 is 0 Å². The third kappa shape index (κ3) is 3.84. The van der Waals surface area contributed by atoms with Crippen molar-refractivity contribution in [3.05, 3.63) is 71.0 Å². The summed E-state index contributed by atoms with van der Waals surface area (Å²) in [4.78, 5) is 14.0. The summed E-state index contributed by atoms with van der Waals surface area (Å²) in [6.45, 7) is -0.160. The summed E-state index contributed by atoms with van der Waals surface area (Å²) in [7, 11) is -3.48. The molecule has 2 aliphatic heterocycles. The molecular formula is C22H21FN2O4S. The molecule has 156 valence electrons. The van der Waals surface area contributed by atoms with Gasteiger partial charge in [-0.1, -0.05) is 30.0 Å². The second-order valence-electron chi connectivity index (χ2n) is 7.58. The quantitative estimate of drug-likeness (QED) is 0.745. The van der Waals surface area contributed by atoms with E-state index in [1.165, 1.54) is 16.4 Å². The summed E-state index contributed by atoms with van der Waals surface area (Å²) in [6.07, 6.45) is 1.10. The summed E-state index contributed by atoms with van der Waals surface area (Å²) in [5, 5.41) is 9.81. The van der Waals surface area contributed by atoms with Crippen LogP contribution in [0.5, 0.6) is 0 Å². The molecule has 2 heterocycles. The minimum atomic E-state index is -3.48. The molecule has 0 bridgehead atoms. The smallest absolute Gasteiger partial charge is 0.238 e. The molecule has 1 amide bonds. The van der Waals surface area contributed by atoms with Crippen LogP contribution in [-0.2, 0) is 14.8 Å². The lowest BCUT2D eigenvalue weighted by atomic mass is 9.74. The Hall–Kier alpha value is -2.73. The zero-order chi connectivity index (χ0) is 21.5. The lowest BCUT2D eigenvalue weighted by Crippen LogP contribution is -2.73. The largest absolute Gasteiger partial charge is 0.394 e. The van der Waals surface area contributed by atoms with Gasteiger partial charge in [0.15, 0.2) is 0 Å². The lowest BCUT2D eigenvalue weighted by molar-refractivity contribution is -0.158. The minimum Gasteiger partial charge on any atom is -0.394 e. The van der Waals surface area contributed by atoms with Crippen LogP contribution >= 0.6 is 0 Å². The van der Waals surface area contributed by atoms with E-state index in [0.29, 0.717) is 5.56 Å². The van der Waals surface area contributed by atoms with Crippen LogP contribution in [0.2, 0.25) is 0 Å². The molecule has 0 unspecified atom stereocenters. The van der Waals surface area contributed by atoms with Crippen molar-refractivity contribution in [3.8, 4) is 11.8 Å². The van der Waals surface area contributed by atoms with Gasteiger partial charge in [-0.25, -0.2) is 12.8 Å². The molecule has 2 aliphatic rings. The van der Waals surface area contributed by atoms with Crippen molar-refractivity contribution in [3.63, 3.8) is 0 Å². The van der Waals surface area contributed by atoms with Gasteiger partial charge in [-0.3, -0.25) is 4.79 Å². The minimum absolute atomic E-state index is 0.159. The highest BCUT2D eigenvalue weighted by molar-refractivity contribution is 7.88. The van der Waals surface area contributed by atoms with E-state index in [1.807, 2.05) is 24.3 Å². The van der Waals surface area contributed by atoms with Gasteiger partial charge in [0.25, 0.3) is 0 Å². The number of sulfonamides is 1. The van der Waals surface area contributed by atoms with E-state index < -0.39 is 10.0 Å². The van der Waals surface area contributed by atoms with Gasteiger partial charge in [0, 0.05) is 23.6 Å². The van der Waals surface area contributed by atoms with Crippen molar-refractivity contribution in [2.45, 2.75) is 18.0 Å². The number of aliphatic hydroxyl groups is 1. The van der Waals surface area contributed by atoms with Crippen molar-refractivity contribution >= 4 is 15.9 Å². The SMILES string of the molecule is CS(=O)(=O)N1CC(=O)N2[C@H](CO)[C@@H](c3ccc(C#Cc4cccc(F)c4)cc3)[C@@H]2C1. The standard InChI is InChI=1S/C22H21FN2O4S/c1-30(28,29)24-12-19-22(20(14-26)25(19)21(27)13-24)17-9-7-15(8-10-17)5-6-16-3-2-4-18(23)11-16/h2-4,7-11,19-20,22,26H,12-14H2,1H3/t19-,20+,22-/m0/s1. The Kier molecular flexibility index (Phi) is 5.36. The Labute approximate surface area is 175 Å². The van der Waals surface area contributed by atoms with Crippen molar-refractivity contribution < 1.29 is 22.7 Å². The van der Waals surface area contributed by atoms with Crippen molar-refractivity contribution in [1.82, 2.24) is 9.21 Å². The van der Waals surface area contributed by atoms with E-state index in [-0.39, 0.29) is 49.4 Å².